The average Bonchev–Trinajstić information content (AvgIpc) is 3.22. The van der Waals surface area contributed by atoms with Crippen molar-refractivity contribution in [1.82, 2.24) is 4.98 Å². The molecule has 160 valence electrons. The van der Waals surface area contributed by atoms with Gasteiger partial charge in [0.1, 0.15) is 17.3 Å². The predicted octanol–water partition coefficient (Wildman–Crippen LogP) is 1.66. The molecule has 6 nitrogen and oxygen atoms in total. The van der Waals surface area contributed by atoms with Crippen LogP contribution >= 0.6 is 0 Å². The van der Waals surface area contributed by atoms with Crippen LogP contribution in [0.1, 0.15) is 5.56 Å². The molecular weight excluding hydrogens is 409 g/mol. The zero-order valence-electron chi connectivity index (χ0n) is 17.2. The van der Waals surface area contributed by atoms with Gasteiger partial charge in [0.2, 0.25) is 0 Å². The smallest absolute Gasteiger partial charge is 0.287 e. The Balaban J connectivity index is 1.60. The number of ether oxygens (including phenoxy) is 1. The van der Waals surface area contributed by atoms with Gasteiger partial charge >= 0.3 is 0 Å². The average molecular weight is 429 g/mol. The first-order valence-corrected chi connectivity index (χ1v) is 10.1. The van der Waals surface area contributed by atoms with Gasteiger partial charge in [0, 0.05) is 27.9 Å². The number of carbonyl (C=O) groups excluding carboxylic acids is 1. The number of carbonyl (C=O) groups is 1. The van der Waals surface area contributed by atoms with Crippen molar-refractivity contribution in [2.45, 2.75) is 6.04 Å². The van der Waals surface area contributed by atoms with Gasteiger partial charge < -0.3 is 25.3 Å². The van der Waals surface area contributed by atoms with Crippen LogP contribution in [0.15, 0.2) is 72.9 Å². The van der Waals surface area contributed by atoms with Gasteiger partial charge in [-0.1, -0.05) is 18.2 Å². The van der Waals surface area contributed by atoms with E-state index >= 15 is 0 Å². The Morgan fingerprint density at radius 2 is 1.91 bits per heavy atom. The molecule has 1 aliphatic rings. The minimum absolute atomic E-state index is 0.341. The van der Waals surface area contributed by atoms with Crippen LogP contribution in [0.4, 0.5) is 10.1 Å². The van der Waals surface area contributed by atoms with E-state index in [4.69, 9.17) is 4.74 Å². The molecule has 5 rings (SSSR count). The molecule has 0 spiro atoms. The van der Waals surface area contributed by atoms with E-state index in [1.165, 1.54) is 12.1 Å². The summed E-state index contributed by atoms with van der Waals surface area (Å²) in [7, 11) is 1.56. The Bertz CT molecular complexity index is 1440. The van der Waals surface area contributed by atoms with Crippen LogP contribution in [0.25, 0.3) is 22.7 Å². The summed E-state index contributed by atoms with van der Waals surface area (Å²) in [6, 6.07) is 17.6. The third kappa shape index (κ3) is 3.43. The standard InChI is InChI=1S/C25H20FN3O3/c1-32-18-10-11-19-16(12-18)13-23(29(31)24(19)15-6-8-17(26)9-7-15)25(30)28-22-14-27-21-5-3-2-4-20(21)22/h2-14,23,27,29H,1H3,(H,28,30). The Kier molecular flexibility index (Phi) is 4.97. The van der Waals surface area contributed by atoms with Gasteiger partial charge in [0.15, 0.2) is 6.04 Å². The minimum atomic E-state index is -1.04. The van der Waals surface area contributed by atoms with E-state index in [-0.39, 0.29) is 5.06 Å². The summed E-state index contributed by atoms with van der Waals surface area (Å²) in [5, 5.41) is 18.3. The maximum Gasteiger partial charge on any atom is 0.287 e. The second-order valence-electron chi connectivity index (χ2n) is 7.58. The number of methoxy groups -OCH3 is 1. The Labute approximate surface area is 182 Å². The van der Waals surface area contributed by atoms with Crippen molar-refractivity contribution < 1.29 is 19.0 Å². The van der Waals surface area contributed by atoms with E-state index in [2.05, 4.69) is 10.3 Å². The molecule has 0 saturated carbocycles. The number of nitrogens with one attached hydrogen (secondary N) is 3. The number of rotatable bonds is 4. The summed E-state index contributed by atoms with van der Waals surface area (Å²) in [5.74, 6) is -0.218. The Morgan fingerprint density at radius 3 is 2.69 bits per heavy atom. The molecule has 0 fully saturated rings. The van der Waals surface area contributed by atoms with Crippen LogP contribution < -0.4 is 25.6 Å². The highest BCUT2D eigenvalue weighted by atomic mass is 19.1. The second kappa shape index (κ2) is 7.96. The lowest BCUT2D eigenvalue weighted by Crippen LogP contribution is -3.11. The number of amides is 1. The van der Waals surface area contributed by atoms with Gasteiger partial charge in [-0.15, -0.1) is 0 Å². The number of halogens is 1. The molecule has 2 atom stereocenters. The molecule has 7 heteroatoms. The molecule has 0 radical (unpaired) electrons. The molecule has 1 aliphatic heterocycles. The van der Waals surface area contributed by atoms with Gasteiger partial charge in [-0.25, -0.2) is 4.39 Å². The lowest BCUT2D eigenvalue weighted by Gasteiger charge is -2.32. The zero-order valence-corrected chi connectivity index (χ0v) is 17.2. The van der Waals surface area contributed by atoms with E-state index in [1.807, 2.05) is 24.3 Å². The predicted molar refractivity (Wildman–Crippen MR) is 121 cm³/mol. The number of fused-ring (bicyclic) bond motifs is 2. The SMILES string of the molecule is COc1ccc2c(c1)=CC(C(=O)Nc1c[nH]c3ccccc13)[NH+]([O-])C=2c1ccc(F)cc1. The van der Waals surface area contributed by atoms with E-state index in [0.717, 1.165) is 10.9 Å². The number of aromatic amines is 1. The van der Waals surface area contributed by atoms with Crippen molar-refractivity contribution in [2.24, 2.45) is 0 Å². The molecule has 4 aromatic rings. The topological polar surface area (TPSA) is 81.6 Å². The molecule has 3 N–H and O–H groups in total. The van der Waals surface area contributed by atoms with Gasteiger partial charge in [0.05, 0.1) is 12.8 Å². The van der Waals surface area contributed by atoms with Gasteiger partial charge in [-0.3, -0.25) is 4.79 Å². The van der Waals surface area contributed by atoms with Crippen molar-refractivity contribution in [3.63, 3.8) is 0 Å². The molecule has 2 unspecified atom stereocenters. The molecule has 1 amide bonds. The molecule has 2 heterocycles. The highest BCUT2D eigenvalue weighted by molar-refractivity contribution is 6.05. The fourth-order valence-corrected chi connectivity index (χ4v) is 4.07. The molecular formula is C25H20FN3O3. The number of quaternary nitrogens is 1. The zero-order chi connectivity index (χ0) is 22.2. The highest BCUT2D eigenvalue weighted by Crippen LogP contribution is 2.22. The Hall–Kier alpha value is -3.94. The van der Waals surface area contributed by atoms with Gasteiger partial charge in [-0.05, 0) is 59.8 Å². The molecule has 1 aromatic heterocycles. The van der Waals surface area contributed by atoms with Gasteiger partial charge in [-0.2, -0.15) is 0 Å². The summed E-state index contributed by atoms with van der Waals surface area (Å²) in [5.41, 5.74) is 2.42. The largest absolute Gasteiger partial charge is 0.628 e. The maximum absolute atomic E-state index is 13.5. The molecule has 0 bridgehead atoms. The minimum Gasteiger partial charge on any atom is -0.628 e. The summed E-state index contributed by atoms with van der Waals surface area (Å²) in [6.07, 6.45) is 3.36. The lowest BCUT2D eigenvalue weighted by molar-refractivity contribution is -0.777. The van der Waals surface area contributed by atoms with E-state index < -0.39 is 17.8 Å². The third-order valence-electron chi connectivity index (χ3n) is 5.67. The van der Waals surface area contributed by atoms with Crippen LogP contribution in [0.3, 0.4) is 0 Å². The Morgan fingerprint density at radius 1 is 1.12 bits per heavy atom. The van der Waals surface area contributed by atoms with Crippen molar-refractivity contribution in [1.29, 1.82) is 0 Å². The third-order valence-corrected chi connectivity index (χ3v) is 5.67. The van der Waals surface area contributed by atoms with E-state index in [0.29, 0.717) is 33.1 Å². The maximum atomic E-state index is 13.5. The number of hydrogen-bond donors (Lipinski definition) is 3. The fraction of sp³-hybridized carbons (Fsp3) is 0.0800. The first-order chi connectivity index (χ1) is 15.5. The first-order valence-electron chi connectivity index (χ1n) is 10.1. The van der Waals surface area contributed by atoms with Crippen LogP contribution in [-0.4, -0.2) is 24.0 Å². The summed E-state index contributed by atoms with van der Waals surface area (Å²) in [6.45, 7) is 0. The summed E-state index contributed by atoms with van der Waals surface area (Å²) >= 11 is 0. The normalized spacial score (nSPS) is 17.5. The van der Waals surface area contributed by atoms with Crippen molar-refractivity contribution in [3.05, 3.63) is 100.0 Å². The van der Waals surface area contributed by atoms with Crippen molar-refractivity contribution in [2.75, 3.05) is 12.4 Å². The van der Waals surface area contributed by atoms with E-state index in [1.54, 1.807) is 49.7 Å². The van der Waals surface area contributed by atoms with Crippen LogP contribution in [-0.2, 0) is 4.79 Å². The quantitative estimate of drug-likeness (QED) is 0.432. The summed E-state index contributed by atoms with van der Waals surface area (Å²) in [4.78, 5) is 16.3. The lowest BCUT2D eigenvalue weighted by atomic mass is 10.0. The van der Waals surface area contributed by atoms with Crippen LogP contribution in [0, 0.1) is 11.0 Å². The summed E-state index contributed by atoms with van der Waals surface area (Å²) < 4.78 is 18.8. The molecule has 32 heavy (non-hydrogen) atoms. The number of H-pyrrole nitrogens is 1. The fourth-order valence-electron chi connectivity index (χ4n) is 4.07. The van der Waals surface area contributed by atoms with Crippen LogP contribution in [0.5, 0.6) is 5.75 Å². The number of aromatic nitrogens is 1. The number of para-hydroxylation sites is 1. The number of hydrogen-bond acceptors (Lipinski definition) is 3. The number of anilines is 1. The van der Waals surface area contributed by atoms with Crippen molar-refractivity contribution in [3.8, 4) is 5.75 Å². The first kappa shape index (κ1) is 20.0. The molecule has 0 aliphatic carbocycles. The van der Waals surface area contributed by atoms with Crippen LogP contribution in [0.2, 0.25) is 0 Å². The van der Waals surface area contributed by atoms with Gasteiger partial charge in [0.25, 0.3) is 5.91 Å². The molecule has 0 saturated heterocycles. The number of benzene rings is 3. The monoisotopic (exact) mass is 429 g/mol. The van der Waals surface area contributed by atoms with E-state index in [9.17, 15) is 14.4 Å². The number of hydroxylamine groups is 2. The van der Waals surface area contributed by atoms with Crippen molar-refractivity contribution >= 4 is 34.3 Å². The highest BCUT2D eigenvalue weighted by Gasteiger charge is 2.30. The molecule has 3 aromatic carbocycles. The second-order valence-corrected chi connectivity index (χ2v) is 7.58.